The molecule has 108 valence electrons. The first-order chi connectivity index (χ1) is 10.1. The minimum atomic E-state index is -0.840. The zero-order chi connectivity index (χ0) is 15.2. The lowest BCUT2D eigenvalue weighted by molar-refractivity contribution is -0.136. The fourth-order valence-corrected chi connectivity index (χ4v) is 1.67. The van der Waals surface area contributed by atoms with Gasteiger partial charge < -0.3 is 10.6 Å². The molecular weight excluding hydrogens is 273 g/mol. The molecule has 0 fully saturated rings. The van der Waals surface area contributed by atoms with Gasteiger partial charge in [0.1, 0.15) is 5.82 Å². The average Bonchev–Trinajstić information content (AvgIpc) is 2.49. The first kappa shape index (κ1) is 14.6. The van der Waals surface area contributed by atoms with Crippen molar-refractivity contribution in [2.24, 2.45) is 0 Å². The van der Waals surface area contributed by atoms with E-state index in [0.717, 1.165) is 5.56 Å². The van der Waals surface area contributed by atoms with Crippen molar-refractivity contribution < 1.29 is 14.0 Å². The number of halogens is 1. The molecule has 6 heteroatoms. The minimum Gasteiger partial charge on any atom is -0.344 e. The average molecular weight is 287 g/mol. The number of nitrogens with one attached hydrogen (secondary N) is 2. The lowest BCUT2D eigenvalue weighted by atomic mass is 10.2. The Bertz CT molecular complexity index is 659. The number of pyridine rings is 1. The summed E-state index contributed by atoms with van der Waals surface area (Å²) >= 11 is 0. The number of anilines is 1. The van der Waals surface area contributed by atoms with Gasteiger partial charge in [-0.25, -0.2) is 4.39 Å². The Labute approximate surface area is 121 Å². The predicted molar refractivity (Wildman–Crippen MR) is 75.9 cm³/mol. The van der Waals surface area contributed by atoms with Gasteiger partial charge in [-0.3, -0.25) is 14.6 Å². The second-order valence-electron chi connectivity index (χ2n) is 4.46. The third-order valence-electron chi connectivity index (χ3n) is 2.83. The maximum Gasteiger partial charge on any atom is 0.313 e. The maximum atomic E-state index is 13.1. The Morgan fingerprint density at radius 1 is 1.24 bits per heavy atom. The molecule has 1 aromatic heterocycles. The van der Waals surface area contributed by atoms with E-state index in [1.165, 1.54) is 18.2 Å². The Morgan fingerprint density at radius 2 is 2.05 bits per heavy atom. The summed E-state index contributed by atoms with van der Waals surface area (Å²) in [6, 6.07) is 7.49. The van der Waals surface area contributed by atoms with Crippen molar-refractivity contribution >= 4 is 17.5 Å². The van der Waals surface area contributed by atoms with Gasteiger partial charge in [-0.1, -0.05) is 12.1 Å². The molecule has 0 unspecified atom stereocenters. The number of aromatic nitrogens is 1. The fourth-order valence-electron chi connectivity index (χ4n) is 1.67. The maximum absolute atomic E-state index is 13.1. The lowest BCUT2D eigenvalue weighted by Gasteiger charge is -2.08. The van der Waals surface area contributed by atoms with Crippen LogP contribution in [-0.2, 0) is 16.1 Å². The molecular formula is C15H14FN3O2. The number of amides is 2. The number of carbonyl (C=O) groups excluding carboxylic acids is 2. The molecule has 5 nitrogen and oxygen atoms in total. The Kier molecular flexibility index (Phi) is 4.61. The molecule has 0 radical (unpaired) electrons. The van der Waals surface area contributed by atoms with E-state index < -0.39 is 17.6 Å². The van der Waals surface area contributed by atoms with E-state index in [1.54, 1.807) is 31.5 Å². The quantitative estimate of drug-likeness (QED) is 0.845. The Hall–Kier alpha value is -2.76. The standard InChI is InChI=1S/C15H14FN3O2/c1-10-4-5-12(16)7-13(10)19-15(21)14(20)18-9-11-3-2-6-17-8-11/h2-8H,9H2,1H3,(H,18,20)(H,19,21). The number of rotatable bonds is 3. The first-order valence-corrected chi connectivity index (χ1v) is 6.30. The monoisotopic (exact) mass is 287 g/mol. The van der Waals surface area contributed by atoms with Crippen molar-refractivity contribution in [1.29, 1.82) is 0 Å². The van der Waals surface area contributed by atoms with E-state index in [4.69, 9.17) is 0 Å². The summed E-state index contributed by atoms with van der Waals surface area (Å²) in [6.07, 6.45) is 3.21. The zero-order valence-electron chi connectivity index (χ0n) is 11.4. The van der Waals surface area contributed by atoms with E-state index in [1.807, 2.05) is 0 Å². The molecule has 1 aromatic carbocycles. The molecule has 2 rings (SSSR count). The van der Waals surface area contributed by atoms with Crippen LogP contribution in [0.3, 0.4) is 0 Å². The predicted octanol–water partition coefficient (Wildman–Crippen LogP) is 1.78. The second-order valence-corrected chi connectivity index (χ2v) is 4.46. The van der Waals surface area contributed by atoms with Crippen LogP contribution in [-0.4, -0.2) is 16.8 Å². The smallest absolute Gasteiger partial charge is 0.313 e. The van der Waals surface area contributed by atoms with Gasteiger partial charge in [0.2, 0.25) is 0 Å². The molecule has 0 bridgehead atoms. The van der Waals surface area contributed by atoms with Gasteiger partial charge in [0.05, 0.1) is 0 Å². The summed E-state index contributed by atoms with van der Waals surface area (Å²) < 4.78 is 13.1. The first-order valence-electron chi connectivity index (χ1n) is 6.30. The number of hydrogen-bond acceptors (Lipinski definition) is 3. The van der Waals surface area contributed by atoms with Crippen LogP contribution in [0.2, 0.25) is 0 Å². The number of benzene rings is 1. The Balaban J connectivity index is 1.94. The second kappa shape index (κ2) is 6.60. The third kappa shape index (κ3) is 4.10. The summed E-state index contributed by atoms with van der Waals surface area (Å²) in [5.74, 6) is -2.11. The van der Waals surface area contributed by atoms with E-state index in [0.29, 0.717) is 5.56 Å². The Morgan fingerprint density at radius 3 is 2.76 bits per heavy atom. The van der Waals surface area contributed by atoms with Gasteiger partial charge in [0.25, 0.3) is 0 Å². The summed E-state index contributed by atoms with van der Waals surface area (Å²) in [7, 11) is 0. The van der Waals surface area contributed by atoms with E-state index in [9.17, 15) is 14.0 Å². The van der Waals surface area contributed by atoms with E-state index in [-0.39, 0.29) is 12.2 Å². The van der Waals surface area contributed by atoms with Gasteiger partial charge >= 0.3 is 11.8 Å². The largest absolute Gasteiger partial charge is 0.344 e. The molecule has 2 N–H and O–H groups in total. The van der Waals surface area contributed by atoms with Crippen LogP contribution in [0.15, 0.2) is 42.7 Å². The number of nitrogens with zero attached hydrogens (tertiary/aromatic N) is 1. The van der Waals surface area contributed by atoms with Crippen LogP contribution >= 0.6 is 0 Å². The SMILES string of the molecule is Cc1ccc(F)cc1NC(=O)C(=O)NCc1cccnc1. The van der Waals surface area contributed by atoms with Gasteiger partial charge in [-0.2, -0.15) is 0 Å². The van der Waals surface area contributed by atoms with Crippen molar-refractivity contribution in [3.8, 4) is 0 Å². The number of hydrogen-bond donors (Lipinski definition) is 2. The van der Waals surface area contributed by atoms with Gasteiger partial charge in [0, 0.05) is 24.6 Å². The van der Waals surface area contributed by atoms with Crippen LogP contribution in [0.25, 0.3) is 0 Å². The number of carbonyl (C=O) groups is 2. The van der Waals surface area contributed by atoms with E-state index >= 15 is 0 Å². The summed E-state index contributed by atoms with van der Waals surface area (Å²) in [5.41, 5.74) is 1.72. The van der Waals surface area contributed by atoms with Crippen molar-refractivity contribution in [3.63, 3.8) is 0 Å². The van der Waals surface area contributed by atoms with Crippen molar-refractivity contribution in [3.05, 3.63) is 59.7 Å². The van der Waals surface area contributed by atoms with Gasteiger partial charge in [-0.05, 0) is 36.2 Å². The molecule has 0 spiro atoms. The molecule has 2 amide bonds. The molecule has 0 aliphatic carbocycles. The summed E-state index contributed by atoms with van der Waals surface area (Å²) in [4.78, 5) is 27.3. The highest BCUT2D eigenvalue weighted by Gasteiger charge is 2.14. The molecule has 2 aromatic rings. The van der Waals surface area contributed by atoms with Crippen LogP contribution in [0.4, 0.5) is 10.1 Å². The van der Waals surface area contributed by atoms with Crippen molar-refractivity contribution in [1.82, 2.24) is 10.3 Å². The van der Waals surface area contributed by atoms with Crippen LogP contribution in [0.1, 0.15) is 11.1 Å². The molecule has 0 aliphatic rings. The highest BCUT2D eigenvalue weighted by atomic mass is 19.1. The number of aryl methyl sites for hydroxylation is 1. The van der Waals surface area contributed by atoms with Crippen molar-refractivity contribution in [2.75, 3.05) is 5.32 Å². The van der Waals surface area contributed by atoms with Gasteiger partial charge in [0.15, 0.2) is 0 Å². The van der Waals surface area contributed by atoms with Crippen molar-refractivity contribution in [2.45, 2.75) is 13.5 Å². The highest BCUT2D eigenvalue weighted by Crippen LogP contribution is 2.15. The van der Waals surface area contributed by atoms with Crippen LogP contribution < -0.4 is 10.6 Å². The van der Waals surface area contributed by atoms with Crippen LogP contribution in [0.5, 0.6) is 0 Å². The summed E-state index contributed by atoms with van der Waals surface area (Å²) in [5, 5.41) is 4.85. The fraction of sp³-hybridized carbons (Fsp3) is 0.133. The summed E-state index contributed by atoms with van der Waals surface area (Å²) in [6.45, 7) is 1.91. The third-order valence-corrected chi connectivity index (χ3v) is 2.83. The molecule has 0 aliphatic heterocycles. The zero-order valence-corrected chi connectivity index (χ0v) is 11.4. The molecule has 0 saturated carbocycles. The molecule has 1 heterocycles. The molecule has 0 atom stereocenters. The minimum absolute atomic E-state index is 0.197. The van der Waals surface area contributed by atoms with Crippen LogP contribution in [0, 0.1) is 12.7 Å². The van der Waals surface area contributed by atoms with Gasteiger partial charge in [-0.15, -0.1) is 0 Å². The highest BCUT2D eigenvalue weighted by molar-refractivity contribution is 6.39. The normalized spacial score (nSPS) is 10.0. The molecule has 0 saturated heterocycles. The topological polar surface area (TPSA) is 71.1 Å². The molecule has 21 heavy (non-hydrogen) atoms. The van der Waals surface area contributed by atoms with E-state index in [2.05, 4.69) is 15.6 Å². The lowest BCUT2D eigenvalue weighted by Crippen LogP contribution is -2.35.